The Labute approximate surface area is 230 Å². The van der Waals surface area contributed by atoms with Crippen molar-refractivity contribution < 1.29 is 14.3 Å². The lowest BCUT2D eigenvalue weighted by atomic mass is 9.96. The zero-order valence-electron chi connectivity index (χ0n) is 23.8. The number of rotatable bonds is 9. The van der Waals surface area contributed by atoms with Gasteiger partial charge in [-0.2, -0.15) is 5.26 Å². The Hall–Kier alpha value is -4.32. The molecule has 9 heteroatoms. The average Bonchev–Trinajstić information content (AvgIpc) is 3.29. The molecule has 0 spiro atoms. The first kappa shape index (κ1) is 29.2. The van der Waals surface area contributed by atoms with Gasteiger partial charge in [-0.25, -0.2) is 9.78 Å². The van der Waals surface area contributed by atoms with Crippen LogP contribution >= 0.6 is 0 Å². The van der Waals surface area contributed by atoms with Crippen molar-refractivity contribution in [1.82, 2.24) is 25.5 Å². The molecule has 39 heavy (non-hydrogen) atoms. The van der Waals surface area contributed by atoms with E-state index in [9.17, 15) is 14.9 Å². The Morgan fingerprint density at radius 1 is 1.13 bits per heavy atom. The number of hydrogen-bond donors (Lipinski definition) is 3. The van der Waals surface area contributed by atoms with Gasteiger partial charge in [0.15, 0.2) is 0 Å². The van der Waals surface area contributed by atoms with Crippen molar-refractivity contribution in [3.05, 3.63) is 71.2 Å². The molecule has 3 rings (SSSR count). The molecular weight excluding hydrogens is 492 g/mol. The molecule has 0 bridgehead atoms. The highest BCUT2D eigenvalue weighted by atomic mass is 16.5. The Bertz CT molecular complexity index is 1350. The molecule has 1 atom stereocenters. The van der Waals surface area contributed by atoms with Gasteiger partial charge in [0, 0.05) is 43.4 Å². The highest BCUT2D eigenvalue weighted by Gasteiger charge is 2.21. The Balaban J connectivity index is 1.77. The number of carbonyl (C=O) groups is 2. The summed E-state index contributed by atoms with van der Waals surface area (Å²) in [6.07, 6.45) is 2.42. The van der Waals surface area contributed by atoms with Crippen LogP contribution in [0.2, 0.25) is 0 Å². The molecule has 0 saturated heterocycles. The van der Waals surface area contributed by atoms with Crippen LogP contribution in [-0.4, -0.2) is 47.2 Å². The summed E-state index contributed by atoms with van der Waals surface area (Å²) in [5, 5.41) is 17.8. The second-order valence-electron chi connectivity index (χ2n) is 10.8. The second-order valence-corrected chi connectivity index (χ2v) is 10.8. The van der Waals surface area contributed by atoms with Crippen LogP contribution in [0.15, 0.2) is 48.7 Å². The number of imidazole rings is 1. The maximum absolute atomic E-state index is 13.1. The minimum Gasteiger partial charge on any atom is -0.490 e. The van der Waals surface area contributed by atoms with Gasteiger partial charge in [-0.05, 0) is 44.0 Å². The van der Waals surface area contributed by atoms with E-state index in [1.807, 2.05) is 51.4 Å². The predicted octanol–water partition coefficient (Wildman–Crippen LogP) is 4.31. The molecule has 0 aliphatic heterocycles. The van der Waals surface area contributed by atoms with E-state index >= 15 is 0 Å². The summed E-state index contributed by atoms with van der Waals surface area (Å²) in [7, 11) is 3.54. The van der Waals surface area contributed by atoms with E-state index < -0.39 is 0 Å². The van der Waals surface area contributed by atoms with Gasteiger partial charge in [-0.3, -0.25) is 4.79 Å². The van der Waals surface area contributed by atoms with E-state index in [4.69, 9.17) is 9.72 Å². The number of ether oxygens (including phenoxy) is 1. The van der Waals surface area contributed by atoms with E-state index in [0.29, 0.717) is 17.7 Å². The third-order valence-corrected chi connectivity index (χ3v) is 6.08. The average molecular weight is 531 g/mol. The summed E-state index contributed by atoms with van der Waals surface area (Å²) in [6, 6.07) is 14.2. The van der Waals surface area contributed by atoms with Gasteiger partial charge in [0.25, 0.3) is 5.91 Å². The number of aryl methyl sites for hydroxylation is 1. The minimum absolute atomic E-state index is 0.0636. The van der Waals surface area contributed by atoms with Gasteiger partial charge < -0.3 is 25.3 Å². The van der Waals surface area contributed by atoms with E-state index in [-0.39, 0.29) is 41.6 Å². The molecule has 0 fully saturated rings. The van der Waals surface area contributed by atoms with E-state index in [2.05, 4.69) is 47.4 Å². The number of carbonyl (C=O) groups excluding carboxylic acids is 2. The monoisotopic (exact) mass is 530 g/mol. The fourth-order valence-electron chi connectivity index (χ4n) is 4.26. The lowest BCUT2D eigenvalue weighted by Gasteiger charge is -2.20. The van der Waals surface area contributed by atoms with Crippen LogP contribution in [0.25, 0.3) is 11.3 Å². The molecule has 1 heterocycles. The largest absolute Gasteiger partial charge is 0.490 e. The van der Waals surface area contributed by atoms with Crippen LogP contribution in [0, 0.1) is 11.3 Å². The summed E-state index contributed by atoms with van der Waals surface area (Å²) in [6.45, 7) is 10.4. The first-order chi connectivity index (χ1) is 18.4. The van der Waals surface area contributed by atoms with Gasteiger partial charge >= 0.3 is 6.03 Å². The number of urea groups is 1. The van der Waals surface area contributed by atoms with Crippen LogP contribution in [0.4, 0.5) is 4.79 Å². The molecule has 1 aromatic heterocycles. The Kier molecular flexibility index (Phi) is 9.36. The number of nitrogens with one attached hydrogen (secondary N) is 3. The smallest absolute Gasteiger partial charge is 0.314 e. The van der Waals surface area contributed by atoms with Crippen molar-refractivity contribution in [3.8, 4) is 23.1 Å². The van der Waals surface area contributed by atoms with E-state index in [1.54, 1.807) is 12.1 Å². The maximum atomic E-state index is 13.1. The molecule has 0 aliphatic carbocycles. The standard InChI is InChI=1S/C30H38N6O3/c1-19(2)39-26-13-12-22(15-23(26)16-31)27(37)34-24(17-33-29(38)32-6)14-20-8-10-21(11-9-20)25-18-36(7)28(35-25)30(3,4)5/h8-13,15,18-19,24H,14,17H2,1-7H3,(H,34,37)(H2,32,33,38)/t24-/m0/s1. The lowest BCUT2D eigenvalue weighted by molar-refractivity contribution is 0.0936. The molecule has 0 radical (unpaired) electrons. The number of nitriles is 1. The van der Waals surface area contributed by atoms with Crippen molar-refractivity contribution in [2.75, 3.05) is 13.6 Å². The predicted molar refractivity (Wildman–Crippen MR) is 152 cm³/mol. The molecule has 2 aromatic carbocycles. The highest BCUT2D eigenvalue weighted by Crippen LogP contribution is 2.26. The van der Waals surface area contributed by atoms with Crippen molar-refractivity contribution in [3.63, 3.8) is 0 Å². The summed E-state index contributed by atoms with van der Waals surface area (Å²) in [5.74, 6) is 1.10. The van der Waals surface area contributed by atoms with Crippen LogP contribution in [0.1, 0.15) is 61.9 Å². The fourth-order valence-corrected chi connectivity index (χ4v) is 4.26. The van der Waals surface area contributed by atoms with Crippen LogP contribution in [0.5, 0.6) is 5.75 Å². The molecule has 3 amide bonds. The molecule has 0 unspecified atom stereocenters. The van der Waals surface area contributed by atoms with Gasteiger partial charge in [0.2, 0.25) is 0 Å². The lowest BCUT2D eigenvalue weighted by Crippen LogP contribution is -2.46. The van der Waals surface area contributed by atoms with Gasteiger partial charge in [0.1, 0.15) is 17.6 Å². The highest BCUT2D eigenvalue weighted by molar-refractivity contribution is 5.95. The second kappa shape index (κ2) is 12.5. The van der Waals surface area contributed by atoms with Crippen molar-refractivity contribution >= 4 is 11.9 Å². The summed E-state index contributed by atoms with van der Waals surface area (Å²) in [4.78, 5) is 29.8. The molecule has 0 saturated carbocycles. The third-order valence-electron chi connectivity index (χ3n) is 6.08. The van der Waals surface area contributed by atoms with E-state index in [1.165, 1.54) is 13.1 Å². The van der Waals surface area contributed by atoms with E-state index in [0.717, 1.165) is 22.6 Å². The number of nitrogens with zero attached hydrogens (tertiary/aromatic N) is 3. The molecule has 9 nitrogen and oxygen atoms in total. The number of amides is 3. The van der Waals surface area contributed by atoms with Crippen LogP contribution in [0.3, 0.4) is 0 Å². The molecule has 3 aromatic rings. The zero-order valence-corrected chi connectivity index (χ0v) is 23.8. The molecule has 0 aliphatic rings. The number of hydrogen-bond acceptors (Lipinski definition) is 5. The van der Waals surface area contributed by atoms with Crippen molar-refractivity contribution in [2.45, 2.75) is 58.6 Å². The van der Waals surface area contributed by atoms with Crippen molar-refractivity contribution in [1.29, 1.82) is 5.26 Å². The van der Waals surface area contributed by atoms with Crippen LogP contribution < -0.4 is 20.7 Å². The summed E-state index contributed by atoms with van der Waals surface area (Å²) < 4.78 is 7.71. The quantitative estimate of drug-likeness (QED) is 0.381. The van der Waals surface area contributed by atoms with Gasteiger partial charge in [-0.15, -0.1) is 0 Å². The van der Waals surface area contributed by atoms with Crippen LogP contribution in [-0.2, 0) is 18.9 Å². The summed E-state index contributed by atoms with van der Waals surface area (Å²) in [5.41, 5.74) is 3.46. The molecular formula is C30H38N6O3. The number of aromatic nitrogens is 2. The Morgan fingerprint density at radius 3 is 2.38 bits per heavy atom. The molecule has 206 valence electrons. The summed E-state index contributed by atoms with van der Waals surface area (Å²) >= 11 is 0. The van der Waals surface area contributed by atoms with Crippen molar-refractivity contribution in [2.24, 2.45) is 7.05 Å². The normalized spacial score (nSPS) is 12.0. The minimum atomic E-state index is -0.389. The Morgan fingerprint density at radius 2 is 1.82 bits per heavy atom. The van der Waals surface area contributed by atoms with Gasteiger partial charge in [0.05, 0.1) is 23.4 Å². The zero-order chi connectivity index (χ0) is 28.7. The number of benzene rings is 2. The maximum Gasteiger partial charge on any atom is 0.314 e. The third kappa shape index (κ3) is 7.84. The van der Waals surface area contributed by atoms with Gasteiger partial charge in [-0.1, -0.05) is 45.0 Å². The molecule has 3 N–H and O–H groups in total. The first-order valence-corrected chi connectivity index (χ1v) is 13.0. The SMILES string of the molecule is CNC(=O)NC[C@H](Cc1ccc(-c2cn(C)c(C(C)(C)C)n2)cc1)NC(=O)c1ccc(OC(C)C)c(C#N)c1. The first-order valence-electron chi connectivity index (χ1n) is 13.0. The fraction of sp³-hybridized carbons (Fsp3) is 0.400. The topological polar surface area (TPSA) is 121 Å².